The minimum atomic E-state index is -1.75. The van der Waals surface area contributed by atoms with E-state index in [9.17, 15) is 0 Å². The Balaban J connectivity index is 1.66. The molecule has 2 nitrogen and oxygen atoms in total. The molecular formula is C26H30N2P+. The molecule has 3 heteroatoms. The van der Waals surface area contributed by atoms with Gasteiger partial charge in [-0.05, 0) is 49.2 Å². The second-order valence-electron chi connectivity index (χ2n) is 8.25. The summed E-state index contributed by atoms with van der Waals surface area (Å²) < 4.78 is 0. The lowest BCUT2D eigenvalue weighted by Gasteiger charge is -2.34. The van der Waals surface area contributed by atoms with Gasteiger partial charge in [0.1, 0.15) is 23.2 Å². The molecule has 2 aliphatic heterocycles. The van der Waals surface area contributed by atoms with E-state index >= 15 is 0 Å². The molecule has 0 amide bonds. The predicted molar refractivity (Wildman–Crippen MR) is 126 cm³/mol. The maximum Gasteiger partial charge on any atom is 0.116 e. The zero-order valence-corrected chi connectivity index (χ0v) is 17.9. The Labute approximate surface area is 175 Å². The molecule has 0 aromatic heterocycles. The molecule has 2 aliphatic rings. The lowest BCUT2D eigenvalue weighted by molar-refractivity contribution is 0.0223. The number of hydrazine groups is 1. The number of hydrogen-bond acceptors (Lipinski definition) is 2. The Hall–Kier alpha value is -1.99. The first-order chi connectivity index (χ1) is 14.4. The van der Waals surface area contributed by atoms with Crippen LogP contribution < -0.4 is 15.9 Å². The first kappa shape index (κ1) is 19.0. The van der Waals surface area contributed by atoms with Crippen LogP contribution in [0.3, 0.4) is 0 Å². The van der Waals surface area contributed by atoms with Crippen LogP contribution in [0.15, 0.2) is 91.0 Å². The van der Waals surface area contributed by atoms with Crippen molar-refractivity contribution in [3.63, 3.8) is 0 Å². The summed E-state index contributed by atoms with van der Waals surface area (Å²) in [4.78, 5) is 0. The number of rotatable bonds is 5. The number of hydrogen-bond donors (Lipinski definition) is 0. The minimum absolute atomic E-state index is 0.648. The van der Waals surface area contributed by atoms with Crippen molar-refractivity contribution in [2.24, 2.45) is 0 Å². The van der Waals surface area contributed by atoms with Gasteiger partial charge in [-0.25, -0.2) is 10.0 Å². The summed E-state index contributed by atoms with van der Waals surface area (Å²) in [6.45, 7) is 4.84. The van der Waals surface area contributed by atoms with Gasteiger partial charge in [0.05, 0.1) is 12.2 Å². The van der Waals surface area contributed by atoms with Gasteiger partial charge in [0.15, 0.2) is 0 Å². The molecule has 0 N–H and O–H groups in total. The van der Waals surface area contributed by atoms with Gasteiger partial charge in [-0.2, -0.15) is 0 Å². The monoisotopic (exact) mass is 401 g/mol. The molecule has 29 heavy (non-hydrogen) atoms. The first-order valence-corrected chi connectivity index (χ1v) is 12.8. The summed E-state index contributed by atoms with van der Waals surface area (Å²) in [6.07, 6.45) is 3.96. The van der Waals surface area contributed by atoms with Crippen LogP contribution in [0.2, 0.25) is 0 Å². The van der Waals surface area contributed by atoms with Crippen molar-refractivity contribution in [3.05, 3.63) is 91.0 Å². The fourth-order valence-electron chi connectivity index (χ4n) is 5.35. The van der Waals surface area contributed by atoms with Gasteiger partial charge in [-0.3, -0.25) is 0 Å². The molecule has 3 aromatic rings. The molecule has 2 fully saturated rings. The molecule has 0 spiro atoms. The largest absolute Gasteiger partial charge is 0.242 e. The van der Waals surface area contributed by atoms with E-state index in [2.05, 4.69) is 101 Å². The van der Waals surface area contributed by atoms with Crippen LogP contribution in [-0.4, -0.2) is 41.9 Å². The molecule has 148 valence electrons. The van der Waals surface area contributed by atoms with E-state index in [1.165, 1.54) is 61.4 Å². The Bertz CT molecular complexity index is 811. The van der Waals surface area contributed by atoms with E-state index in [4.69, 9.17) is 0 Å². The Morgan fingerprint density at radius 1 is 0.552 bits per heavy atom. The second-order valence-corrected chi connectivity index (χ2v) is 12.0. The minimum Gasteiger partial charge on any atom is -0.242 e. The number of benzene rings is 3. The van der Waals surface area contributed by atoms with E-state index < -0.39 is 7.26 Å². The van der Waals surface area contributed by atoms with E-state index in [-0.39, 0.29) is 0 Å². The third kappa shape index (κ3) is 3.44. The Kier molecular flexibility index (Phi) is 5.50. The van der Waals surface area contributed by atoms with Crippen molar-refractivity contribution < 1.29 is 0 Å². The van der Waals surface area contributed by atoms with Crippen molar-refractivity contribution in [2.75, 3.05) is 26.2 Å². The summed E-state index contributed by atoms with van der Waals surface area (Å²) in [5.74, 6) is 0. The smallest absolute Gasteiger partial charge is 0.116 e. The molecule has 0 radical (unpaired) electrons. The summed E-state index contributed by atoms with van der Waals surface area (Å²) in [7, 11) is -1.75. The van der Waals surface area contributed by atoms with E-state index in [1.54, 1.807) is 0 Å². The van der Waals surface area contributed by atoms with Gasteiger partial charge < -0.3 is 0 Å². The number of nitrogens with zero attached hydrogens (tertiary/aromatic N) is 2. The molecule has 0 bridgehead atoms. The zero-order valence-electron chi connectivity index (χ0n) is 17.0. The van der Waals surface area contributed by atoms with Crippen LogP contribution in [0, 0.1) is 0 Å². The van der Waals surface area contributed by atoms with Crippen LogP contribution in [0.1, 0.15) is 19.3 Å². The maximum atomic E-state index is 2.67. The Morgan fingerprint density at radius 2 is 1.00 bits per heavy atom. The predicted octanol–water partition coefficient (Wildman–Crippen LogP) is 4.07. The summed E-state index contributed by atoms with van der Waals surface area (Å²) in [6, 6.07) is 34.1. The standard InChI is InChI=1S/C26H30N2P/c1-4-12-23(13-5-1)29(24-14-6-2-7-15-24,25-16-8-3-9-17-25)26-18-21-28(22-26)27-19-10-11-20-27/h1-9,12-17,26H,10-11,18-22H2/q+1. The molecular weight excluding hydrogens is 371 g/mol. The van der Waals surface area contributed by atoms with Gasteiger partial charge >= 0.3 is 0 Å². The quantitative estimate of drug-likeness (QED) is 0.595. The molecule has 3 aromatic carbocycles. The molecule has 5 rings (SSSR count). The average Bonchev–Trinajstić information content (AvgIpc) is 3.49. The highest BCUT2D eigenvalue weighted by Crippen LogP contribution is 2.62. The molecule has 0 saturated carbocycles. The highest BCUT2D eigenvalue weighted by atomic mass is 31.2. The second kappa shape index (κ2) is 8.40. The molecule has 0 aliphatic carbocycles. The SMILES string of the molecule is c1ccc([P+](c2ccccc2)(c2ccccc2)C2CCN(N3CCCC3)C2)cc1. The van der Waals surface area contributed by atoms with Gasteiger partial charge in [-0.1, -0.05) is 54.6 Å². The summed E-state index contributed by atoms with van der Waals surface area (Å²) in [5, 5.41) is 9.85. The summed E-state index contributed by atoms with van der Waals surface area (Å²) in [5.41, 5.74) is 0.648. The lowest BCUT2D eigenvalue weighted by Crippen LogP contribution is -2.43. The van der Waals surface area contributed by atoms with Crippen LogP contribution in [0.4, 0.5) is 0 Å². The maximum absolute atomic E-state index is 2.67. The average molecular weight is 402 g/mol. The van der Waals surface area contributed by atoms with Gasteiger partial charge in [0.2, 0.25) is 0 Å². The van der Waals surface area contributed by atoms with Crippen molar-refractivity contribution in [1.82, 2.24) is 10.0 Å². The third-order valence-corrected chi connectivity index (χ3v) is 11.5. The highest BCUT2D eigenvalue weighted by Gasteiger charge is 2.54. The molecule has 1 unspecified atom stereocenters. The van der Waals surface area contributed by atoms with Crippen LogP contribution in [0.25, 0.3) is 0 Å². The van der Waals surface area contributed by atoms with Crippen molar-refractivity contribution in [1.29, 1.82) is 0 Å². The zero-order chi connectivity index (χ0) is 19.5. The van der Waals surface area contributed by atoms with Crippen molar-refractivity contribution in [3.8, 4) is 0 Å². The lowest BCUT2D eigenvalue weighted by atomic mass is 10.3. The molecule has 2 saturated heterocycles. The third-order valence-electron chi connectivity index (χ3n) is 6.66. The molecule has 2 heterocycles. The first-order valence-electron chi connectivity index (χ1n) is 10.9. The summed E-state index contributed by atoms with van der Waals surface area (Å²) >= 11 is 0. The Morgan fingerprint density at radius 3 is 1.45 bits per heavy atom. The fourth-order valence-corrected chi connectivity index (χ4v) is 10.4. The highest BCUT2D eigenvalue weighted by molar-refractivity contribution is 7.96. The van der Waals surface area contributed by atoms with Crippen LogP contribution >= 0.6 is 7.26 Å². The van der Waals surface area contributed by atoms with Crippen LogP contribution in [0.5, 0.6) is 0 Å². The van der Waals surface area contributed by atoms with Crippen LogP contribution in [-0.2, 0) is 0 Å². The van der Waals surface area contributed by atoms with Gasteiger partial charge in [0.25, 0.3) is 0 Å². The fraction of sp³-hybridized carbons (Fsp3) is 0.308. The van der Waals surface area contributed by atoms with Crippen molar-refractivity contribution >= 4 is 23.2 Å². The van der Waals surface area contributed by atoms with E-state index in [0.717, 1.165) is 0 Å². The van der Waals surface area contributed by atoms with E-state index in [1.807, 2.05) is 0 Å². The normalized spacial score (nSPS) is 20.9. The van der Waals surface area contributed by atoms with Crippen molar-refractivity contribution in [2.45, 2.75) is 24.9 Å². The van der Waals surface area contributed by atoms with E-state index in [0.29, 0.717) is 5.66 Å². The topological polar surface area (TPSA) is 6.48 Å². The molecule has 1 atom stereocenters. The van der Waals surface area contributed by atoms with Gasteiger partial charge in [-0.15, -0.1) is 0 Å². The van der Waals surface area contributed by atoms with Gasteiger partial charge in [0, 0.05) is 26.1 Å².